The van der Waals surface area contributed by atoms with Gasteiger partial charge in [-0.1, -0.05) is 11.7 Å². The maximum atomic E-state index is 13.1. The summed E-state index contributed by atoms with van der Waals surface area (Å²) in [5.74, 6) is -2.75. The molecular formula is C22H28N7O6S2+. The van der Waals surface area contributed by atoms with Crippen molar-refractivity contribution in [2.45, 2.75) is 11.4 Å². The summed E-state index contributed by atoms with van der Waals surface area (Å²) in [5, 5.41) is 17.5. The minimum absolute atomic E-state index is 0.107. The maximum Gasteiger partial charge on any atom is 0.352 e. The number of thiazole rings is 1. The molecule has 3 atom stereocenters. The Bertz CT molecular complexity index is 1210. The minimum atomic E-state index is -1.24. The summed E-state index contributed by atoms with van der Waals surface area (Å²) in [4.78, 5) is 59.3. The highest BCUT2D eigenvalue weighted by Crippen LogP contribution is 2.41. The van der Waals surface area contributed by atoms with Crippen molar-refractivity contribution in [1.29, 1.82) is 0 Å². The number of nitrogens with one attached hydrogen (secondary N) is 1. The van der Waals surface area contributed by atoms with Gasteiger partial charge in [0.05, 0.1) is 20.1 Å². The Kier molecular flexibility index (Phi) is 8.73. The number of nitrogen functional groups attached to an aromatic ring is 1. The van der Waals surface area contributed by atoms with Crippen LogP contribution in [0.3, 0.4) is 0 Å². The lowest BCUT2D eigenvalue weighted by Crippen LogP contribution is -2.71. The second-order valence-electron chi connectivity index (χ2n) is 8.55. The van der Waals surface area contributed by atoms with Gasteiger partial charge in [-0.05, 0) is 12.2 Å². The number of β-lactam (4-membered cyclic amide) rings is 1. The molecule has 198 valence electrons. The predicted octanol–water partition coefficient (Wildman–Crippen LogP) is -0.511. The van der Waals surface area contributed by atoms with Crippen molar-refractivity contribution in [3.63, 3.8) is 0 Å². The number of amides is 3. The van der Waals surface area contributed by atoms with Gasteiger partial charge in [-0.15, -0.1) is 23.1 Å². The average Bonchev–Trinajstić information content (AvgIpc) is 3.25. The molecule has 37 heavy (non-hydrogen) atoms. The van der Waals surface area contributed by atoms with E-state index in [0.29, 0.717) is 35.4 Å². The van der Waals surface area contributed by atoms with Crippen molar-refractivity contribution in [1.82, 2.24) is 15.2 Å². The molecule has 0 radical (unpaired) electrons. The second kappa shape index (κ2) is 11.6. The van der Waals surface area contributed by atoms with E-state index in [9.17, 15) is 24.3 Å². The van der Waals surface area contributed by atoms with E-state index in [1.54, 1.807) is 12.2 Å². The number of carboxylic acids is 1. The van der Waals surface area contributed by atoms with Crippen LogP contribution >= 0.6 is 23.1 Å². The molecule has 1 fully saturated rings. The second-order valence-corrected chi connectivity index (χ2v) is 10.5. The summed E-state index contributed by atoms with van der Waals surface area (Å²) in [5.41, 5.74) is 11.3. The molecule has 13 nitrogen and oxygen atoms in total. The van der Waals surface area contributed by atoms with Gasteiger partial charge in [0.15, 0.2) is 10.8 Å². The van der Waals surface area contributed by atoms with E-state index in [1.807, 2.05) is 7.05 Å². The largest absolute Gasteiger partial charge is 0.477 e. The number of hydrogen-bond acceptors (Lipinski definition) is 10. The van der Waals surface area contributed by atoms with Crippen molar-refractivity contribution in [3.8, 4) is 0 Å². The van der Waals surface area contributed by atoms with E-state index in [0.717, 1.165) is 11.3 Å². The first-order valence-corrected chi connectivity index (χ1v) is 12.9. The molecule has 0 saturated carbocycles. The first-order valence-electron chi connectivity index (χ1n) is 10.9. The fourth-order valence-corrected chi connectivity index (χ4v) is 5.99. The number of likely N-dealkylation sites (N-methyl/N-ethyl adjacent to an activating group) is 1. The van der Waals surface area contributed by atoms with E-state index in [1.165, 1.54) is 35.2 Å². The molecule has 15 heteroatoms. The van der Waals surface area contributed by atoms with Gasteiger partial charge in [0.25, 0.3) is 11.8 Å². The number of hydrogen-bond donors (Lipinski definition) is 4. The summed E-state index contributed by atoms with van der Waals surface area (Å²) in [6, 6.07) is -0.959. The summed E-state index contributed by atoms with van der Waals surface area (Å²) >= 11 is 2.46. The molecule has 1 aromatic heterocycles. The number of anilines is 1. The van der Waals surface area contributed by atoms with E-state index < -0.39 is 35.1 Å². The third kappa shape index (κ3) is 6.18. The standard InChI is InChI=1S/C22H27N7O6S2/c1-4-7-29(2,8-5-6-14(23)30)9-12-10-36-20-16(19(32)28(20)17(12)21(33)34)26-18(31)15(27-35-3)13-11-37-22(24)25-13/h4-6,11,16,20H,1,7-10H2,2-3H3,(H5-,23,24,25,26,30,31,33,34)/p+1/b6-5+,27-15-. The molecule has 1 aromatic rings. The SMILES string of the molecule is C=CC[N+](C)(C/C=C/C(N)=O)CC1=C(C(=O)O)N2C(=O)C(NC(=O)/C(=N\OC)c3csc(N)n3)C2SC1. The van der Waals surface area contributed by atoms with Crippen molar-refractivity contribution in [3.05, 3.63) is 47.2 Å². The van der Waals surface area contributed by atoms with Crippen molar-refractivity contribution in [2.24, 2.45) is 10.9 Å². The third-order valence-electron chi connectivity index (χ3n) is 5.67. The Hall–Kier alpha value is -3.69. The maximum absolute atomic E-state index is 13.1. The molecule has 0 spiro atoms. The van der Waals surface area contributed by atoms with Crippen molar-refractivity contribution in [2.75, 3.05) is 45.3 Å². The van der Waals surface area contributed by atoms with Gasteiger partial charge in [0.1, 0.15) is 36.5 Å². The lowest BCUT2D eigenvalue weighted by molar-refractivity contribution is -0.893. The van der Waals surface area contributed by atoms with Crippen LogP contribution in [-0.2, 0) is 24.0 Å². The third-order valence-corrected chi connectivity index (χ3v) is 7.68. The normalized spacial score (nSPS) is 21.2. The predicted molar refractivity (Wildman–Crippen MR) is 139 cm³/mol. The number of quaternary nitrogens is 1. The van der Waals surface area contributed by atoms with Gasteiger partial charge < -0.3 is 31.2 Å². The van der Waals surface area contributed by atoms with Crippen LogP contribution in [-0.4, -0.2) is 99.8 Å². The number of thioether (sulfide) groups is 1. The Labute approximate surface area is 221 Å². The number of rotatable bonds is 12. The highest BCUT2D eigenvalue weighted by molar-refractivity contribution is 8.00. The van der Waals surface area contributed by atoms with Crippen LogP contribution in [0.2, 0.25) is 0 Å². The minimum Gasteiger partial charge on any atom is -0.477 e. The topological polar surface area (TPSA) is 190 Å². The lowest BCUT2D eigenvalue weighted by atomic mass is 10.0. The zero-order chi connectivity index (χ0) is 27.3. The van der Waals surface area contributed by atoms with Crippen LogP contribution in [0, 0.1) is 0 Å². The molecule has 1 saturated heterocycles. The number of nitrogens with zero attached hydrogens (tertiary/aromatic N) is 4. The molecule has 0 aliphatic carbocycles. The molecule has 3 unspecified atom stereocenters. The number of carbonyl (C=O) groups is 4. The number of primary amides is 1. The van der Waals surface area contributed by atoms with Crippen LogP contribution in [0.5, 0.6) is 0 Å². The first-order chi connectivity index (χ1) is 17.5. The van der Waals surface area contributed by atoms with Crippen LogP contribution in [0.1, 0.15) is 5.69 Å². The Morgan fingerprint density at radius 2 is 2.16 bits per heavy atom. The summed E-state index contributed by atoms with van der Waals surface area (Å²) in [6.07, 6.45) is 4.58. The van der Waals surface area contributed by atoms with Crippen LogP contribution in [0.4, 0.5) is 5.13 Å². The summed E-state index contributed by atoms with van der Waals surface area (Å²) < 4.78 is 0.320. The molecule has 6 N–H and O–H groups in total. The fourth-order valence-electron chi connectivity index (χ4n) is 4.11. The highest BCUT2D eigenvalue weighted by Gasteiger charge is 2.55. The quantitative estimate of drug-likeness (QED) is 0.0663. The highest BCUT2D eigenvalue weighted by atomic mass is 32.2. The van der Waals surface area contributed by atoms with E-state index in [2.05, 4.69) is 22.0 Å². The number of nitrogens with two attached hydrogens (primary N) is 2. The van der Waals surface area contributed by atoms with E-state index in [4.69, 9.17) is 16.3 Å². The van der Waals surface area contributed by atoms with Gasteiger partial charge in [0.2, 0.25) is 5.91 Å². The van der Waals surface area contributed by atoms with Crippen LogP contribution < -0.4 is 16.8 Å². The molecular weight excluding hydrogens is 522 g/mol. The smallest absolute Gasteiger partial charge is 0.352 e. The number of carbonyl (C=O) groups excluding carboxylic acids is 3. The van der Waals surface area contributed by atoms with Crippen LogP contribution in [0.15, 0.2) is 46.6 Å². The van der Waals surface area contributed by atoms with Gasteiger partial charge in [0, 0.05) is 22.8 Å². The number of fused-ring (bicyclic) bond motifs is 1. The van der Waals surface area contributed by atoms with Crippen LogP contribution in [0.25, 0.3) is 0 Å². The monoisotopic (exact) mass is 550 g/mol. The van der Waals surface area contributed by atoms with Gasteiger partial charge in [-0.25, -0.2) is 9.78 Å². The van der Waals surface area contributed by atoms with Gasteiger partial charge in [-0.2, -0.15) is 0 Å². The number of aromatic nitrogens is 1. The van der Waals surface area contributed by atoms with Crippen molar-refractivity contribution < 1.29 is 33.6 Å². The Morgan fingerprint density at radius 1 is 1.43 bits per heavy atom. The Balaban J connectivity index is 1.81. The zero-order valence-electron chi connectivity index (χ0n) is 20.2. The number of oxime groups is 1. The van der Waals surface area contributed by atoms with E-state index >= 15 is 0 Å². The molecule has 3 amide bonds. The van der Waals surface area contributed by atoms with Gasteiger partial charge in [-0.3, -0.25) is 19.3 Å². The molecule has 3 rings (SSSR count). The fraction of sp³-hybridized carbons (Fsp3) is 0.364. The first kappa shape index (κ1) is 27.9. The average molecular weight is 551 g/mol. The van der Waals surface area contributed by atoms with Gasteiger partial charge >= 0.3 is 5.97 Å². The Morgan fingerprint density at radius 3 is 2.73 bits per heavy atom. The van der Waals surface area contributed by atoms with Crippen molar-refractivity contribution >= 4 is 57.6 Å². The lowest BCUT2D eigenvalue weighted by Gasteiger charge is -2.50. The molecule has 2 aliphatic rings. The zero-order valence-corrected chi connectivity index (χ0v) is 21.9. The molecule has 3 heterocycles. The number of carboxylic acid groups (broad SMARTS) is 1. The molecule has 0 bridgehead atoms. The molecule has 2 aliphatic heterocycles. The summed E-state index contributed by atoms with van der Waals surface area (Å²) in [6.45, 7) is 4.96. The molecule has 0 aromatic carbocycles. The summed E-state index contributed by atoms with van der Waals surface area (Å²) in [7, 11) is 3.16. The van der Waals surface area contributed by atoms with E-state index in [-0.39, 0.29) is 22.2 Å². The number of aliphatic carboxylic acids is 1.